The van der Waals surface area contributed by atoms with Gasteiger partial charge in [-0.05, 0) is 37.1 Å². The van der Waals surface area contributed by atoms with Crippen molar-refractivity contribution >= 4 is 11.6 Å². The van der Waals surface area contributed by atoms with Crippen LogP contribution in [0.4, 0.5) is 5.69 Å². The smallest absolute Gasteiger partial charge is 0.251 e. The Labute approximate surface area is 107 Å². The summed E-state index contributed by atoms with van der Waals surface area (Å²) < 4.78 is 0. The molecule has 0 aromatic heterocycles. The topological polar surface area (TPSA) is 61.4 Å². The molecule has 0 saturated heterocycles. The number of carbonyl (C=O) groups excluding carboxylic acids is 1. The third-order valence-electron chi connectivity index (χ3n) is 3.48. The molecule has 0 radical (unpaired) electrons. The minimum absolute atomic E-state index is 0.102. The lowest BCUT2D eigenvalue weighted by Gasteiger charge is -2.28. The molecule has 1 fully saturated rings. The quantitative estimate of drug-likeness (QED) is 0.764. The number of hydrogen-bond donors (Lipinski definition) is 3. The number of aliphatic hydroxyl groups is 1. The van der Waals surface area contributed by atoms with Gasteiger partial charge >= 0.3 is 0 Å². The molecule has 2 unspecified atom stereocenters. The minimum Gasteiger partial charge on any atom is -0.391 e. The molecule has 3 N–H and O–H groups in total. The van der Waals surface area contributed by atoms with Crippen LogP contribution in [0.1, 0.15) is 36.0 Å². The normalized spacial score (nSPS) is 23.4. The standard InChI is InChI=1S/C14H20N2O2/c1-15-11-8-6-10(7-9-11)14(18)16-12-4-2-3-5-13(12)17/h6-9,12-13,15,17H,2-5H2,1H3,(H,16,18). The van der Waals surface area contributed by atoms with E-state index in [9.17, 15) is 9.90 Å². The van der Waals surface area contributed by atoms with Crippen molar-refractivity contribution in [1.82, 2.24) is 5.32 Å². The Hall–Kier alpha value is -1.55. The molecule has 1 saturated carbocycles. The molecule has 1 aromatic carbocycles. The maximum absolute atomic E-state index is 12.0. The van der Waals surface area contributed by atoms with Gasteiger partial charge in [-0.25, -0.2) is 0 Å². The van der Waals surface area contributed by atoms with Gasteiger partial charge in [-0.2, -0.15) is 0 Å². The van der Waals surface area contributed by atoms with Crippen LogP contribution in [0.2, 0.25) is 0 Å². The predicted octanol–water partition coefficient (Wildman–Crippen LogP) is 1.76. The summed E-state index contributed by atoms with van der Waals surface area (Å²) >= 11 is 0. The zero-order valence-corrected chi connectivity index (χ0v) is 10.6. The highest BCUT2D eigenvalue weighted by molar-refractivity contribution is 5.94. The van der Waals surface area contributed by atoms with Crippen molar-refractivity contribution in [2.45, 2.75) is 37.8 Å². The Balaban J connectivity index is 1.97. The fourth-order valence-electron chi connectivity index (χ4n) is 2.32. The van der Waals surface area contributed by atoms with Crippen molar-refractivity contribution in [2.24, 2.45) is 0 Å². The zero-order chi connectivity index (χ0) is 13.0. The van der Waals surface area contributed by atoms with E-state index in [1.54, 1.807) is 12.1 Å². The van der Waals surface area contributed by atoms with Crippen molar-refractivity contribution in [2.75, 3.05) is 12.4 Å². The number of anilines is 1. The van der Waals surface area contributed by atoms with Crippen LogP contribution in [0.3, 0.4) is 0 Å². The Morgan fingerprint density at radius 2 is 1.89 bits per heavy atom. The summed E-state index contributed by atoms with van der Waals surface area (Å²) in [7, 11) is 1.84. The van der Waals surface area contributed by atoms with Crippen LogP contribution in [0.25, 0.3) is 0 Å². The minimum atomic E-state index is -0.403. The summed E-state index contributed by atoms with van der Waals surface area (Å²) in [6.45, 7) is 0. The summed E-state index contributed by atoms with van der Waals surface area (Å²) in [4.78, 5) is 12.0. The van der Waals surface area contributed by atoms with Gasteiger partial charge in [0, 0.05) is 18.3 Å². The monoisotopic (exact) mass is 248 g/mol. The molecule has 0 spiro atoms. The molecule has 98 valence electrons. The highest BCUT2D eigenvalue weighted by atomic mass is 16.3. The molecule has 1 aliphatic carbocycles. The Morgan fingerprint density at radius 1 is 1.22 bits per heavy atom. The van der Waals surface area contributed by atoms with Gasteiger partial charge in [0.2, 0.25) is 0 Å². The summed E-state index contributed by atoms with van der Waals surface area (Å²) in [6.07, 6.45) is 3.36. The fraction of sp³-hybridized carbons (Fsp3) is 0.500. The van der Waals surface area contributed by atoms with E-state index >= 15 is 0 Å². The molecule has 1 aromatic rings. The molecule has 0 aliphatic heterocycles. The molecule has 0 heterocycles. The molecule has 1 amide bonds. The van der Waals surface area contributed by atoms with Crippen LogP contribution in [-0.2, 0) is 0 Å². The van der Waals surface area contributed by atoms with E-state index in [0.29, 0.717) is 5.56 Å². The van der Waals surface area contributed by atoms with Crippen LogP contribution in [0, 0.1) is 0 Å². The highest BCUT2D eigenvalue weighted by Crippen LogP contribution is 2.19. The number of aliphatic hydroxyl groups excluding tert-OH is 1. The third-order valence-corrected chi connectivity index (χ3v) is 3.48. The van der Waals surface area contributed by atoms with Gasteiger partial charge in [-0.3, -0.25) is 4.79 Å². The van der Waals surface area contributed by atoms with E-state index in [4.69, 9.17) is 0 Å². The molecule has 2 rings (SSSR count). The first kappa shape index (κ1) is 12.9. The number of benzene rings is 1. The van der Waals surface area contributed by atoms with E-state index in [0.717, 1.165) is 31.4 Å². The molecule has 4 nitrogen and oxygen atoms in total. The highest BCUT2D eigenvalue weighted by Gasteiger charge is 2.24. The predicted molar refractivity (Wildman–Crippen MR) is 71.7 cm³/mol. The summed E-state index contributed by atoms with van der Waals surface area (Å²) in [6, 6.07) is 7.21. The van der Waals surface area contributed by atoms with Gasteiger partial charge in [-0.15, -0.1) is 0 Å². The average molecular weight is 248 g/mol. The van der Waals surface area contributed by atoms with Gasteiger partial charge in [0.1, 0.15) is 0 Å². The van der Waals surface area contributed by atoms with Crippen molar-refractivity contribution in [3.05, 3.63) is 29.8 Å². The molecule has 1 aliphatic rings. The SMILES string of the molecule is CNc1ccc(C(=O)NC2CCCCC2O)cc1. The van der Waals surface area contributed by atoms with Gasteiger partial charge in [0.25, 0.3) is 5.91 Å². The first-order valence-corrected chi connectivity index (χ1v) is 6.47. The van der Waals surface area contributed by atoms with E-state index in [-0.39, 0.29) is 11.9 Å². The number of hydrogen-bond acceptors (Lipinski definition) is 3. The largest absolute Gasteiger partial charge is 0.391 e. The molecular formula is C14H20N2O2. The van der Waals surface area contributed by atoms with E-state index < -0.39 is 6.10 Å². The van der Waals surface area contributed by atoms with Crippen molar-refractivity contribution < 1.29 is 9.90 Å². The molecule has 0 bridgehead atoms. The Kier molecular flexibility index (Phi) is 4.20. The van der Waals surface area contributed by atoms with Gasteiger partial charge in [0.05, 0.1) is 12.1 Å². The summed E-state index contributed by atoms with van der Waals surface area (Å²) in [5.41, 5.74) is 1.61. The van der Waals surface area contributed by atoms with Crippen LogP contribution >= 0.6 is 0 Å². The Morgan fingerprint density at radius 3 is 2.50 bits per heavy atom. The van der Waals surface area contributed by atoms with E-state index in [1.165, 1.54) is 0 Å². The second-order valence-electron chi connectivity index (χ2n) is 4.76. The first-order chi connectivity index (χ1) is 8.70. The fourth-order valence-corrected chi connectivity index (χ4v) is 2.32. The van der Waals surface area contributed by atoms with Crippen LogP contribution in [-0.4, -0.2) is 30.2 Å². The third kappa shape index (κ3) is 3.01. The molecule has 18 heavy (non-hydrogen) atoms. The lowest BCUT2D eigenvalue weighted by atomic mass is 9.92. The second-order valence-corrected chi connectivity index (χ2v) is 4.76. The number of nitrogens with one attached hydrogen (secondary N) is 2. The van der Waals surface area contributed by atoms with Crippen LogP contribution < -0.4 is 10.6 Å². The van der Waals surface area contributed by atoms with Crippen LogP contribution in [0.15, 0.2) is 24.3 Å². The van der Waals surface area contributed by atoms with Gasteiger partial charge < -0.3 is 15.7 Å². The number of amides is 1. The maximum Gasteiger partial charge on any atom is 0.251 e. The van der Waals surface area contributed by atoms with E-state index in [2.05, 4.69) is 10.6 Å². The maximum atomic E-state index is 12.0. The van der Waals surface area contributed by atoms with Crippen LogP contribution in [0.5, 0.6) is 0 Å². The van der Waals surface area contributed by atoms with Gasteiger partial charge in [-0.1, -0.05) is 12.8 Å². The number of carbonyl (C=O) groups is 1. The Bertz CT molecular complexity index is 403. The molecular weight excluding hydrogens is 228 g/mol. The molecule has 2 atom stereocenters. The van der Waals surface area contributed by atoms with Crippen molar-refractivity contribution in [1.29, 1.82) is 0 Å². The second kappa shape index (κ2) is 5.87. The lowest BCUT2D eigenvalue weighted by molar-refractivity contribution is 0.0717. The first-order valence-electron chi connectivity index (χ1n) is 6.47. The summed E-state index contributed by atoms with van der Waals surface area (Å²) in [5, 5.41) is 15.7. The lowest BCUT2D eigenvalue weighted by Crippen LogP contribution is -2.45. The summed E-state index contributed by atoms with van der Waals surface area (Å²) in [5.74, 6) is -0.108. The average Bonchev–Trinajstić information content (AvgIpc) is 2.41. The number of rotatable bonds is 3. The van der Waals surface area contributed by atoms with Crippen molar-refractivity contribution in [3.63, 3.8) is 0 Å². The van der Waals surface area contributed by atoms with Gasteiger partial charge in [0.15, 0.2) is 0 Å². The van der Waals surface area contributed by atoms with E-state index in [1.807, 2.05) is 19.2 Å². The molecule has 4 heteroatoms. The van der Waals surface area contributed by atoms with Crippen molar-refractivity contribution in [3.8, 4) is 0 Å². The zero-order valence-electron chi connectivity index (χ0n) is 10.6.